The predicted octanol–water partition coefficient (Wildman–Crippen LogP) is 0.497. The highest BCUT2D eigenvalue weighted by atomic mass is 32.1. The fourth-order valence-electron chi connectivity index (χ4n) is 5.63. The Labute approximate surface area is 185 Å². The number of fused-ring (bicyclic) bond motifs is 4. The Balaban J connectivity index is 1.39. The standard InChI is InChI=1S/C21H19FN6O3S/c1-23-16-14-17(27-12(26-16)6-4-9-3-5-11(22)32-9)28(8-25-14)15-13-10-7-20(10,19(30)24-2)18(29)21(13,15)31/h3,5,8,10,13,15,18,29,31H,7H2,1-2H3,(H,24,30)(H,23,26,27)/t10?,13-,15+,18+,20?,21+/m0/s1. The van der Waals surface area contributed by atoms with Gasteiger partial charge in [0.15, 0.2) is 22.1 Å². The summed E-state index contributed by atoms with van der Waals surface area (Å²) in [5.74, 6) is 5.83. The van der Waals surface area contributed by atoms with Crippen LogP contribution in [0.3, 0.4) is 0 Å². The van der Waals surface area contributed by atoms with Crippen LogP contribution in [0.1, 0.15) is 23.2 Å². The Hall–Kier alpha value is -3.07. The van der Waals surface area contributed by atoms with Crippen LogP contribution in [0.2, 0.25) is 0 Å². The lowest BCUT2D eigenvalue weighted by atomic mass is 9.93. The molecular weight excluding hydrogens is 435 g/mol. The molecular formula is C21H19FN6O3S. The molecule has 0 spiro atoms. The van der Waals surface area contributed by atoms with Gasteiger partial charge in [0.25, 0.3) is 0 Å². The van der Waals surface area contributed by atoms with E-state index in [1.54, 1.807) is 24.0 Å². The van der Waals surface area contributed by atoms with Gasteiger partial charge in [-0.15, -0.1) is 0 Å². The van der Waals surface area contributed by atoms with Crippen LogP contribution in [0.5, 0.6) is 0 Å². The predicted molar refractivity (Wildman–Crippen MR) is 113 cm³/mol. The highest BCUT2D eigenvalue weighted by Gasteiger charge is 2.91. The molecule has 0 radical (unpaired) electrons. The second-order valence-electron chi connectivity index (χ2n) is 8.51. The van der Waals surface area contributed by atoms with Gasteiger partial charge in [0.1, 0.15) is 5.60 Å². The third kappa shape index (κ3) is 2.29. The minimum atomic E-state index is -1.41. The van der Waals surface area contributed by atoms with Gasteiger partial charge in [-0.2, -0.15) is 4.39 Å². The molecule has 6 atom stereocenters. The van der Waals surface area contributed by atoms with E-state index in [1.165, 1.54) is 13.1 Å². The minimum absolute atomic E-state index is 0.0940. The number of anilines is 1. The molecule has 3 saturated carbocycles. The van der Waals surface area contributed by atoms with E-state index in [1.807, 2.05) is 0 Å². The largest absolute Gasteiger partial charge is 0.389 e. The lowest BCUT2D eigenvalue weighted by Crippen LogP contribution is -2.45. The molecule has 0 aromatic carbocycles. The van der Waals surface area contributed by atoms with Crippen molar-refractivity contribution in [3.05, 3.63) is 34.3 Å². The molecule has 164 valence electrons. The number of rotatable bonds is 3. The number of hydrogen-bond donors (Lipinski definition) is 4. The average Bonchev–Trinajstić information content (AvgIpc) is 3.49. The van der Waals surface area contributed by atoms with Crippen LogP contribution in [0.4, 0.5) is 10.2 Å². The summed E-state index contributed by atoms with van der Waals surface area (Å²) in [6.45, 7) is 0. The van der Waals surface area contributed by atoms with Crippen molar-refractivity contribution in [1.29, 1.82) is 0 Å². The number of carbonyl (C=O) groups is 1. The Bertz CT molecular complexity index is 1360. The number of nitrogens with zero attached hydrogens (tertiary/aromatic N) is 4. The van der Waals surface area contributed by atoms with Crippen LogP contribution >= 0.6 is 11.3 Å². The molecule has 0 saturated heterocycles. The first kappa shape index (κ1) is 19.6. The maximum atomic E-state index is 13.2. The summed E-state index contributed by atoms with van der Waals surface area (Å²) < 4.78 is 15.0. The van der Waals surface area contributed by atoms with E-state index >= 15 is 0 Å². The summed E-state index contributed by atoms with van der Waals surface area (Å²) in [7, 11) is 3.25. The van der Waals surface area contributed by atoms with Crippen LogP contribution in [0.25, 0.3) is 11.2 Å². The molecule has 2 unspecified atom stereocenters. The van der Waals surface area contributed by atoms with Crippen molar-refractivity contribution in [2.24, 2.45) is 17.3 Å². The number of carbonyl (C=O) groups excluding carboxylic acids is 1. The number of halogens is 1. The van der Waals surface area contributed by atoms with E-state index in [0.717, 1.165) is 11.3 Å². The number of thiophene rings is 1. The van der Waals surface area contributed by atoms with Gasteiger partial charge < -0.3 is 25.4 Å². The van der Waals surface area contributed by atoms with Gasteiger partial charge in [-0.1, -0.05) is 11.3 Å². The van der Waals surface area contributed by atoms with Crippen molar-refractivity contribution >= 4 is 34.2 Å². The minimum Gasteiger partial charge on any atom is -0.389 e. The molecule has 3 aromatic rings. The summed E-state index contributed by atoms with van der Waals surface area (Å²) in [6.07, 6.45) is 0.962. The molecule has 3 fully saturated rings. The van der Waals surface area contributed by atoms with Crippen LogP contribution in [-0.4, -0.2) is 61.4 Å². The monoisotopic (exact) mass is 454 g/mol. The first-order valence-electron chi connectivity index (χ1n) is 10.2. The topological polar surface area (TPSA) is 125 Å². The van der Waals surface area contributed by atoms with Crippen molar-refractivity contribution in [1.82, 2.24) is 24.8 Å². The van der Waals surface area contributed by atoms with Gasteiger partial charge in [0.05, 0.1) is 28.8 Å². The third-order valence-corrected chi connectivity index (χ3v) is 7.93. The molecule has 0 bridgehead atoms. The van der Waals surface area contributed by atoms with Crippen LogP contribution in [-0.2, 0) is 4.79 Å². The smallest absolute Gasteiger partial charge is 0.229 e. The van der Waals surface area contributed by atoms with E-state index in [-0.39, 0.29) is 28.7 Å². The van der Waals surface area contributed by atoms with Crippen molar-refractivity contribution in [3.63, 3.8) is 0 Å². The molecule has 3 aromatic heterocycles. The maximum Gasteiger partial charge on any atom is 0.229 e. The van der Waals surface area contributed by atoms with Crippen molar-refractivity contribution < 1.29 is 19.4 Å². The zero-order valence-corrected chi connectivity index (χ0v) is 17.9. The van der Waals surface area contributed by atoms with Gasteiger partial charge in [-0.05, 0) is 36.3 Å². The molecule has 0 aliphatic heterocycles. The van der Waals surface area contributed by atoms with Crippen molar-refractivity contribution in [2.75, 3.05) is 19.4 Å². The zero-order valence-electron chi connectivity index (χ0n) is 17.1. The Morgan fingerprint density at radius 3 is 2.78 bits per heavy atom. The summed E-state index contributed by atoms with van der Waals surface area (Å²) >= 11 is 0.937. The highest BCUT2D eigenvalue weighted by Crippen LogP contribution is 2.82. The number of aliphatic hydroxyl groups is 2. The van der Waals surface area contributed by atoms with Crippen molar-refractivity contribution in [3.8, 4) is 11.8 Å². The fourth-order valence-corrected chi connectivity index (χ4v) is 6.22. The van der Waals surface area contributed by atoms with Gasteiger partial charge in [0, 0.05) is 20.0 Å². The second-order valence-corrected chi connectivity index (χ2v) is 9.55. The Kier molecular flexibility index (Phi) is 3.83. The molecule has 1 amide bonds. The summed E-state index contributed by atoms with van der Waals surface area (Å²) in [5.41, 5.74) is -1.33. The van der Waals surface area contributed by atoms with E-state index in [2.05, 4.69) is 37.4 Å². The highest BCUT2D eigenvalue weighted by molar-refractivity contribution is 7.10. The Morgan fingerprint density at radius 1 is 1.34 bits per heavy atom. The fraction of sp³-hybridized carbons (Fsp3) is 0.429. The Morgan fingerprint density at radius 2 is 2.16 bits per heavy atom. The third-order valence-electron chi connectivity index (χ3n) is 7.14. The van der Waals surface area contributed by atoms with Crippen LogP contribution in [0, 0.1) is 34.2 Å². The number of amides is 1. The second kappa shape index (κ2) is 6.25. The molecule has 11 heteroatoms. The van der Waals surface area contributed by atoms with E-state index in [0.29, 0.717) is 28.3 Å². The van der Waals surface area contributed by atoms with E-state index in [4.69, 9.17) is 0 Å². The number of aliphatic hydroxyl groups excluding tert-OH is 1. The van der Waals surface area contributed by atoms with Crippen LogP contribution in [0.15, 0.2) is 18.5 Å². The van der Waals surface area contributed by atoms with Gasteiger partial charge in [-0.3, -0.25) is 4.79 Å². The summed E-state index contributed by atoms with van der Waals surface area (Å²) in [6, 6.07) is 2.49. The zero-order chi connectivity index (χ0) is 22.4. The average molecular weight is 454 g/mol. The van der Waals surface area contributed by atoms with Gasteiger partial charge in [-0.25, -0.2) is 15.0 Å². The number of imidazole rings is 1. The molecule has 32 heavy (non-hydrogen) atoms. The summed E-state index contributed by atoms with van der Waals surface area (Å²) in [4.78, 5) is 26.2. The quantitative estimate of drug-likeness (QED) is 0.425. The van der Waals surface area contributed by atoms with E-state index in [9.17, 15) is 19.4 Å². The molecule has 3 aliphatic carbocycles. The number of hydrogen-bond acceptors (Lipinski definition) is 8. The maximum absolute atomic E-state index is 13.2. The van der Waals surface area contributed by atoms with Gasteiger partial charge in [0.2, 0.25) is 11.7 Å². The number of nitrogens with one attached hydrogen (secondary N) is 2. The normalized spacial score (nSPS) is 33.8. The van der Waals surface area contributed by atoms with Gasteiger partial charge >= 0.3 is 0 Å². The first-order valence-corrected chi connectivity index (χ1v) is 11.0. The SMILES string of the molecule is CNC(=O)C12CC1[C@H]1[C@@H](n3cnc4c(NC)nc(C#Cc5ccc(F)s5)nc43)[C@@]1(O)[C@@H]2O. The van der Waals surface area contributed by atoms with Crippen molar-refractivity contribution in [2.45, 2.75) is 24.2 Å². The molecule has 6 rings (SSSR count). The number of aromatic nitrogens is 4. The lowest BCUT2D eigenvalue weighted by molar-refractivity contribution is -0.134. The molecule has 3 heterocycles. The van der Waals surface area contributed by atoms with E-state index < -0.39 is 23.2 Å². The molecule has 3 aliphatic rings. The lowest BCUT2D eigenvalue weighted by Gasteiger charge is -2.25. The molecule has 9 nitrogen and oxygen atoms in total. The summed E-state index contributed by atoms with van der Waals surface area (Å²) in [5, 5.41) is 27.5. The first-order chi connectivity index (χ1) is 15.4. The molecule has 4 N–H and O–H groups in total. The van der Waals surface area contributed by atoms with Crippen LogP contribution < -0.4 is 10.6 Å².